The van der Waals surface area contributed by atoms with Crippen LogP contribution in [0.3, 0.4) is 0 Å². The highest BCUT2D eigenvalue weighted by Gasteiger charge is 2.35. The molecule has 0 bridgehead atoms. The van der Waals surface area contributed by atoms with E-state index in [0.29, 0.717) is 6.54 Å². The molecule has 21 heavy (non-hydrogen) atoms. The Balaban J connectivity index is 1.78. The maximum absolute atomic E-state index is 11.8. The van der Waals surface area contributed by atoms with Gasteiger partial charge in [-0.25, -0.2) is 4.79 Å². The highest BCUT2D eigenvalue weighted by molar-refractivity contribution is 7.33. The van der Waals surface area contributed by atoms with Gasteiger partial charge in [0.25, 0.3) is 0 Å². The first-order valence-corrected chi connectivity index (χ1v) is 7.92. The van der Waals surface area contributed by atoms with Crippen LogP contribution >= 0.6 is 8.25 Å². The van der Waals surface area contributed by atoms with Crippen LogP contribution in [0.25, 0.3) is 0 Å². The Bertz CT molecular complexity index is 454. The van der Waals surface area contributed by atoms with Gasteiger partial charge in [-0.05, 0) is 25.3 Å². The number of rotatable bonds is 7. The van der Waals surface area contributed by atoms with E-state index in [1.807, 2.05) is 6.92 Å². The first-order chi connectivity index (χ1) is 10.1. The minimum absolute atomic E-state index is 0.160. The molecule has 2 aliphatic heterocycles. The summed E-state index contributed by atoms with van der Waals surface area (Å²) in [6.07, 6.45) is 4.27. The van der Waals surface area contributed by atoms with E-state index in [9.17, 15) is 9.36 Å². The lowest BCUT2D eigenvalue weighted by Crippen LogP contribution is -2.46. The third-order valence-electron chi connectivity index (χ3n) is 3.17. The Kier molecular flexibility index (Phi) is 5.87. The number of amides is 2. The van der Waals surface area contributed by atoms with Gasteiger partial charge in [0, 0.05) is 17.3 Å². The molecule has 7 nitrogen and oxygen atoms in total. The van der Waals surface area contributed by atoms with Gasteiger partial charge in [-0.3, -0.25) is 4.90 Å². The van der Waals surface area contributed by atoms with Crippen LogP contribution in [-0.2, 0) is 18.3 Å². The maximum atomic E-state index is 11.8. The van der Waals surface area contributed by atoms with E-state index in [2.05, 4.69) is 11.9 Å². The topological polar surface area (TPSA) is 77.1 Å². The Labute approximate surface area is 124 Å². The van der Waals surface area contributed by atoms with E-state index in [-0.39, 0.29) is 31.6 Å². The van der Waals surface area contributed by atoms with Crippen molar-refractivity contribution in [2.45, 2.75) is 32.1 Å². The number of hydrogen-bond donors (Lipinski definition) is 1. The number of urea groups is 1. The lowest BCUT2D eigenvalue weighted by molar-refractivity contribution is -0.0339. The van der Waals surface area contributed by atoms with Crippen LogP contribution in [-0.4, -0.2) is 43.0 Å². The highest BCUT2D eigenvalue weighted by Crippen LogP contribution is 2.29. The SMILES string of the molecule is C=CCO[P+](=O)OCC1CCC(N2C=C(C)CNC2=O)O1. The summed E-state index contributed by atoms with van der Waals surface area (Å²) in [6, 6.07) is -0.160. The molecule has 0 aliphatic carbocycles. The molecule has 2 aliphatic rings. The van der Waals surface area contributed by atoms with Gasteiger partial charge >= 0.3 is 14.3 Å². The fourth-order valence-electron chi connectivity index (χ4n) is 2.17. The van der Waals surface area contributed by atoms with E-state index in [4.69, 9.17) is 13.8 Å². The molecular weight excluding hydrogens is 295 g/mol. The molecule has 0 radical (unpaired) electrons. The predicted octanol–water partition coefficient (Wildman–Crippen LogP) is 2.30. The van der Waals surface area contributed by atoms with Crippen molar-refractivity contribution in [3.63, 3.8) is 0 Å². The van der Waals surface area contributed by atoms with Crippen molar-refractivity contribution in [3.05, 3.63) is 24.4 Å². The van der Waals surface area contributed by atoms with Crippen molar-refractivity contribution in [3.8, 4) is 0 Å². The lowest BCUT2D eigenvalue weighted by atomic mass is 10.2. The summed E-state index contributed by atoms with van der Waals surface area (Å²) in [5.41, 5.74) is 1.07. The van der Waals surface area contributed by atoms with Crippen LogP contribution in [0.15, 0.2) is 24.4 Å². The second-order valence-electron chi connectivity index (χ2n) is 4.94. The average Bonchev–Trinajstić information content (AvgIpc) is 2.94. The summed E-state index contributed by atoms with van der Waals surface area (Å²) in [4.78, 5) is 13.4. The number of ether oxygens (including phenoxy) is 1. The molecule has 0 aromatic heterocycles. The van der Waals surface area contributed by atoms with E-state index in [1.54, 1.807) is 11.1 Å². The van der Waals surface area contributed by atoms with Crippen LogP contribution in [0, 0.1) is 0 Å². The second-order valence-corrected chi connectivity index (χ2v) is 5.90. The summed E-state index contributed by atoms with van der Waals surface area (Å²) in [5.74, 6) is 0. The fraction of sp³-hybridized carbons (Fsp3) is 0.615. The summed E-state index contributed by atoms with van der Waals surface area (Å²) in [6.45, 7) is 6.34. The van der Waals surface area contributed by atoms with E-state index < -0.39 is 8.25 Å². The smallest absolute Gasteiger partial charge is 0.352 e. The standard InChI is InChI=1S/C13H19N2O5P/c1-3-6-18-21(17)19-9-11-4-5-12(20-11)15-8-10(2)7-14-13(15)16/h3,8,11-12H,1,4-7,9H2,2H3/p+1. The van der Waals surface area contributed by atoms with Crippen LogP contribution < -0.4 is 5.32 Å². The summed E-state index contributed by atoms with van der Waals surface area (Å²) >= 11 is 0. The highest BCUT2D eigenvalue weighted by atomic mass is 31.1. The van der Waals surface area contributed by atoms with Crippen molar-refractivity contribution in [1.82, 2.24) is 10.2 Å². The first-order valence-electron chi connectivity index (χ1n) is 6.83. The number of nitrogens with one attached hydrogen (secondary N) is 1. The molecule has 0 spiro atoms. The zero-order valence-corrected chi connectivity index (χ0v) is 12.9. The van der Waals surface area contributed by atoms with Gasteiger partial charge in [0.15, 0.2) is 0 Å². The fourth-order valence-corrected chi connectivity index (χ4v) is 2.76. The monoisotopic (exact) mass is 315 g/mol. The third kappa shape index (κ3) is 4.61. The molecule has 8 heteroatoms. The van der Waals surface area contributed by atoms with Crippen molar-refractivity contribution in [1.29, 1.82) is 0 Å². The molecule has 3 unspecified atom stereocenters. The van der Waals surface area contributed by atoms with Crippen LogP contribution in [0.1, 0.15) is 19.8 Å². The molecule has 0 aromatic rings. The molecule has 2 amide bonds. The van der Waals surface area contributed by atoms with Gasteiger partial charge in [0.1, 0.15) is 19.4 Å². The van der Waals surface area contributed by atoms with Crippen molar-refractivity contribution >= 4 is 14.3 Å². The molecule has 2 rings (SSSR count). The van der Waals surface area contributed by atoms with E-state index in [1.165, 1.54) is 6.08 Å². The normalized spacial score (nSPS) is 26.3. The largest absolute Gasteiger partial charge is 0.697 e. The van der Waals surface area contributed by atoms with Gasteiger partial charge < -0.3 is 10.1 Å². The van der Waals surface area contributed by atoms with Gasteiger partial charge in [-0.15, -0.1) is 15.6 Å². The van der Waals surface area contributed by atoms with E-state index in [0.717, 1.165) is 18.4 Å². The number of carbonyl (C=O) groups is 1. The lowest BCUT2D eigenvalue weighted by Gasteiger charge is -2.29. The molecule has 116 valence electrons. The van der Waals surface area contributed by atoms with Crippen LogP contribution in [0.4, 0.5) is 4.79 Å². The van der Waals surface area contributed by atoms with Crippen molar-refractivity contribution in [2.24, 2.45) is 0 Å². The predicted molar refractivity (Wildman–Crippen MR) is 76.6 cm³/mol. The summed E-state index contributed by atoms with van der Waals surface area (Å²) < 4.78 is 27.1. The molecule has 0 saturated carbocycles. The van der Waals surface area contributed by atoms with Crippen molar-refractivity contribution < 1.29 is 23.1 Å². The van der Waals surface area contributed by atoms with Crippen LogP contribution in [0.2, 0.25) is 0 Å². The Hall–Kier alpha value is -1.27. The van der Waals surface area contributed by atoms with Gasteiger partial charge in [0.2, 0.25) is 0 Å². The van der Waals surface area contributed by atoms with Gasteiger partial charge in [-0.1, -0.05) is 6.08 Å². The molecule has 1 N–H and O–H groups in total. The minimum Gasteiger partial charge on any atom is -0.352 e. The number of hydrogen-bond acceptors (Lipinski definition) is 5. The zero-order valence-electron chi connectivity index (χ0n) is 12.0. The summed E-state index contributed by atoms with van der Waals surface area (Å²) in [5, 5.41) is 2.78. The number of nitrogens with zero attached hydrogens (tertiary/aromatic N) is 1. The third-order valence-corrected chi connectivity index (χ3v) is 3.89. The van der Waals surface area contributed by atoms with Gasteiger partial charge in [-0.2, -0.15) is 0 Å². The molecular formula is C13H20N2O5P+. The summed E-state index contributed by atoms with van der Waals surface area (Å²) in [7, 11) is -2.15. The molecule has 2 heterocycles. The average molecular weight is 315 g/mol. The molecule has 1 fully saturated rings. The van der Waals surface area contributed by atoms with Crippen LogP contribution in [0.5, 0.6) is 0 Å². The van der Waals surface area contributed by atoms with E-state index >= 15 is 0 Å². The van der Waals surface area contributed by atoms with Gasteiger partial charge in [0.05, 0.1) is 6.10 Å². The maximum Gasteiger partial charge on any atom is 0.697 e. The first kappa shape index (κ1) is 16.1. The Morgan fingerprint density at radius 1 is 1.57 bits per heavy atom. The Morgan fingerprint density at radius 3 is 3.14 bits per heavy atom. The Morgan fingerprint density at radius 2 is 2.38 bits per heavy atom. The van der Waals surface area contributed by atoms with Crippen molar-refractivity contribution in [2.75, 3.05) is 19.8 Å². The molecule has 1 saturated heterocycles. The molecule has 0 aromatic carbocycles. The zero-order chi connectivity index (χ0) is 15.2. The second kappa shape index (κ2) is 7.66. The quantitative estimate of drug-likeness (QED) is 0.576. The number of carbonyl (C=O) groups excluding carboxylic acids is 1. The minimum atomic E-state index is -2.15. The molecule has 3 atom stereocenters.